The SMILES string of the molecule is CC(C)(C)OC(=O)Nc1ccccc1NC(=O)c1ccc(/C=C/C(=O)O)cc1. The van der Waals surface area contributed by atoms with Gasteiger partial charge in [-0.2, -0.15) is 0 Å². The molecule has 0 saturated heterocycles. The summed E-state index contributed by atoms with van der Waals surface area (Å²) in [5, 5.41) is 14.0. The summed E-state index contributed by atoms with van der Waals surface area (Å²) in [5.74, 6) is -1.41. The van der Waals surface area contributed by atoms with Crippen LogP contribution < -0.4 is 10.6 Å². The van der Waals surface area contributed by atoms with Gasteiger partial charge in [0.25, 0.3) is 5.91 Å². The first kappa shape index (κ1) is 20.7. The molecule has 3 N–H and O–H groups in total. The summed E-state index contributed by atoms with van der Waals surface area (Å²) in [4.78, 5) is 35.0. The topological polar surface area (TPSA) is 105 Å². The first-order chi connectivity index (χ1) is 13.1. The summed E-state index contributed by atoms with van der Waals surface area (Å²) < 4.78 is 5.23. The lowest BCUT2D eigenvalue weighted by molar-refractivity contribution is -0.131. The maximum Gasteiger partial charge on any atom is 0.412 e. The summed E-state index contributed by atoms with van der Waals surface area (Å²) in [6.07, 6.45) is 1.83. The van der Waals surface area contributed by atoms with E-state index in [1.54, 1.807) is 69.3 Å². The van der Waals surface area contributed by atoms with E-state index in [0.29, 0.717) is 22.5 Å². The highest BCUT2D eigenvalue weighted by Crippen LogP contribution is 2.23. The molecular weight excluding hydrogens is 360 g/mol. The molecule has 0 saturated carbocycles. The fraction of sp³-hybridized carbons (Fsp3) is 0.190. The third-order valence-corrected chi connectivity index (χ3v) is 3.40. The van der Waals surface area contributed by atoms with Crippen LogP contribution in [0.4, 0.5) is 16.2 Å². The fourth-order valence-electron chi connectivity index (χ4n) is 2.22. The number of para-hydroxylation sites is 2. The molecule has 7 heteroatoms. The number of carboxylic acids is 1. The second-order valence-electron chi connectivity index (χ2n) is 6.92. The van der Waals surface area contributed by atoms with Crippen LogP contribution in [0.5, 0.6) is 0 Å². The molecule has 0 heterocycles. The molecule has 0 fully saturated rings. The number of hydrogen-bond acceptors (Lipinski definition) is 4. The zero-order valence-corrected chi connectivity index (χ0v) is 15.9. The van der Waals surface area contributed by atoms with Crippen molar-refractivity contribution >= 4 is 35.4 Å². The highest BCUT2D eigenvalue weighted by molar-refractivity contribution is 6.07. The van der Waals surface area contributed by atoms with Gasteiger partial charge < -0.3 is 15.2 Å². The maximum absolute atomic E-state index is 12.5. The number of carboxylic acid groups (broad SMARTS) is 1. The van der Waals surface area contributed by atoms with Gasteiger partial charge >= 0.3 is 12.1 Å². The number of hydrogen-bond donors (Lipinski definition) is 3. The molecule has 0 unspecified atom stereocenters. The number of benzene rings is 2. The summed E-state index contributed by atoms with van der Waals surface area (Å²) in [7, 11) is 0. The van der Waals surface area contributed by atoms with E-state index in [9.17, 15) is 14.4 Å². The zero-order chi connectivity index (χ0) is 20.7. The van der Waals surface area contributed by atoms with Crippen LogP contribution in [0.3, 0.4) is 0 Å². The van der Waals surface area contributed by atoms with Gasteiger partial charge in [0.15, 0.2) is 0 Å². The number of carbonyl (C=O) groups excluding carboxylic acids is 2. The van der Waals surface area contributed by atoms with E-state index in [1.807, 2.05) is 0 Å². The number of anilines is 2. The average molecular weight is 382 g/mol. The minimum absolute atomic E-state index is 0.368. The lowest BCUT2D eigenvalue weighted by atomic mass is 10.1. The van der Waals surface area contributed by atoms with Gasteiger partial charge in [0.05, 0.1) is 11.4 Å². The van der Waals surface area contributed by atoms with Crippen molar-refractivity contribution in [2.75, 3.05) is 10.6 Å². The predicted octanol–water partition coefficient (Wildman–Crippen LogP) is 4.38. The summed E-state index contributed by atoms with van der Waals surface area (Å²) >= 11 is 0. The van der Waals surface area contributed by atoms with Crippen LogP contribution in [-0.2, 0) is 9.53 Å². The Morgan fingerprint density at radius 3 is 2.04 bits per heavy atom. The molecule has 0 radical (unpaired) electrons. The first-order valence-electron chi connectivity index (χ1n) is 8.55. The summed E-state index contributed by atoms with van der Waals surface area (Å²) in [5.41, 5.74) is 1.24. The van der Waals surface area contributed by atoms with Crippen molar-refractivity contribution in [2.24, 2.45) is 0 Å². The van der Waals surface area contributed by atoms with Gasteiger partial charge in [0.2, 0.25) is 0 Å². The molecule has 0 aliphatic rings. The molecule has 2 aromatic rings. The number of ether oxygens (including phenoxy) is 1. The van der Waals surface area contributed by atoms with E-state index >= 15 is 0 Å². The van der Waals surface area contributed by atoms with Crippen molar-refractivity contribution in [3.05, 3.63) is 65.7 Å². The summed E-state index contributed by atoms with van der Waals surface area (Å²) in [6.45, 7) is 5.28. The molecule has 0 aliphatic heterocycles. The van der Waals surface area contributed by atoms with Gasteiger partial charge in [-0.1, -0.05) is 24.3 Å². The van der Waals surface area contributed by atoms with Gasteiger partial charge in [-0.3, -0.25) is 10.1 Å². The highest BCUT2D eigenvalue weighted by atomic mass is 16.6. The number of amides is 2. The van der Waals surface area contributed by atoms with Crippen LogP contribution in [0.1, 0.15) is 36.7 Å². The zero-order valence-electron chi connectivity index (χ0n) is 15.9. The average Bonchev–Trinajstić information content (AvgIpc) is 2.60. The Labute approximate surface area is 163 Å². The lowest BCUT2D eigenvalue weighted by Gasteiger charge is -2.20. The van der Waals surface area contributed by atoms with Crippen LogP contribution in [0, 0.1) is 0 Å². The quantitative estimate of drug-likeness (QED) is 0.666. The Kier molecular flexibility index (Phi) is 6.55. The smallest absolute Gasteiger partial charge is 0.412 e. The highest BCUT2D eigenvalue weighted by Gasteiger charge is 2.17. The number of carbonyl (C=O) groups is 3. The van der Waals surface area contributed by atoms with Crippen molar-refractivity contribution in [1.82, 2.24) is 0 Å². The van der Waals surface area contributed by atoms with Gasteiger partial charge in [0.1, 0.15) is 5.60 Å². The van der Waals surface area contributed by atoms with Crippen molar-refractivity contribution in [1.29, 1.82) is 0 Å². The predicted molar refractivity (Wildman–Crippen MR) is 107 cm³/mol. The molecule has 0 aliphatic carbocycles. The Bertz CT molecular complexity index is 896. The molecule has 146 valence electrons. The molecule has 2 aromatic carbocycles. The largest absolute Gasteiger partial charge is 0.478 e. The van der Waals surface area contributed by atoms with E-state index in [2.05, 4.69) is 10.6 Å². The number of aliphatic carboxylic acids is 1. The van der Waals surface area contributed by atoms with E-state index in [4.69, 9.17) is 9.84 Å². The van der Waals surface area contributed by atoms with Crippen molar-refractivity contribution in [3.63, 3.8) is 0 Å². The molecular formula is C21H22N2O5. The van der Waals surface area contributed by atoms with Crippen LogP contribution in [-0.4, -0.2) is 28.7 Å². The third kappa shape index (κ3) is 6.60. The van der Waals surface area contributed by atoms with E-state index in [1.165, 1.54) is 6.08 Å². The maximum atomic E-state index is 12.5. The minimum Gasteiger partial charge on any atom is -0.478 e. The van der Waals surface area contributed by atoms with Crippen LogP contribution in [0.25, 0.3) is 6.08 Å². The standard InChI is InChI=1S/C21H22N2O5/c1-21(2,3)28-20(27)23-17-7-5-4-6-16(17)22-19(26)15-11-8-14(9-12-15)10-13-18(24)25/h4-13H,1-3H3,(H,22,26)(H,23,27)(H,24,25)/b13-10+. The van der Waals surface area contributed by atoms with Crippen LogP contribution in [0.15, 0.2) is 54.6 Å². The van der Waals surface area contributed by atoms with E-state index in [-0.39, 0.29) is 5.91 Å². The van der Waals surface area contributed by atoms with Gasteiger partial charge in [-0.25, -0.2) is 9.59 Å². The number of nitrogens with one attached hydrogen (secondary N) is 2. The van der Waals surface area contributed by atoms with Gasteiger partial charge in [-0.05, 0) is 56.7 Å². The van der Waals surface area contributed by atoms with Gasteiger partial charge in [-0.15, -0.1) is 0 Å². The second-order valence-corrected chi connectivity index (χ2v) is 6.92. The van der Waals surface area contributed by atoms with Crippen molar-refractivity contribution < 1.29 is 24.2 Å². The van der Waals surface area contributed by atoms with Crippen LogP contribution in [0.2, 0.25) is 0 Å². The minimum atomic E-state index is -1.05. The van der Waals surface area contributed by atoms with Gasteiger partial charge in [0, 0.05) is 11.6 Å². The molecule has 0 aromatic heterocycles. The Balaban J connectivity index is 2.10. The molecule has 2 rings (SSSR count). The lowest BCUT2D eigenvalue weighted by Crippen LogP contribution is -2.27. The first-order valence-corrected chi connectivity index (χ1v) is 8.55. The molecule has 28 heavy (non-hydrogen) atoms. The molecule has 0 spiro atoms. The Morgan fingerprint density at radius 2 is 1.50 bits per heavy atom. The van der Waals surface area contributed by atoms with Crippen molar-refractivity contribution in [3.8, 4) is 0 Å². The third-order valence-electron chi connectivity index (χ3n) is 3.40. The molecule has 2 amide bonds. The normalized spacial score (nSPS) is 11.1. The molecule has 0 bridgehead atoms. The van der Waals surface area contributed by atoms with Crippen molar-refractivity contribution in [2.45, 2.75) is 26.4 Å². The Morgan fingerprint density at radius 1 is 0.929 bits per heavy atom. The monoisotopic (exact) mass is 382 g/mol. The van der Waals surface area contributed by atoms with E-state index in [0.717, 1.165) is 6.08 Å². The molecule has 0 atom stereocenters. The molecule has 7 nitrogen and oxygen atoms in total. The van der Waals surface area contributed by atoms with Crippen LogP contribution >= 0.6 is 0 Å². The number of rotatable bonds is 5. The fourth-order valence-corrected chi connectivity index (χ4v) is 2.22. The second kappa shape index (κ2) is 8.85. The summed E-state index contributed by atoms with van der Waals surface area (Å²) in [6, 6.07) is 13.2. The Hall–Kier alpha value is -3.61. The van der Waals surface area contributed by atoms with E-state index < -0.39 is 17.7 Å².